The van der Waals surface area contributed by atoms with Crippen molar-refractivity contribution in [3.05, 3.63) is 108 Å². The van der Waals surface area contributed by atoms with Crippen molar-refractivity contribution in [1.82, 2.24) is 14.5 Å². The highest BCUT2D eigenvalue weighted by atomic mass is 16.5. The first-order valence-electron chi connectivity index (χ1n) is 12.1. The van der Waals surface area contributed by atoms with Crippen LogP contribution in [0.25, 0.3) is 0 Å². The molecule has 0 saturated carbocycles. The summed E-state index contributed by atoms with van der Waals surface area (Å²) in [5.74, 6) is 1.65. The van der Waals surface area contributed by atoms with E-state index in [9.17, 15) is 4.79 Å². The van der Waals surface area contributed by atoms with Crippen LogP contribution < -0.4 is 9.64 Å². The van der Waals surface area contributed by atoms with Crippen LogP contribution in [0.2, 0.25) is 0 Å². The molecule has 178 valence electrons. The number of aromatic nitrogens is 2. The van der Waals surface area contributed by atoms with Gasteiger partial charge in [0.2, 0.25) is 0 Å². The Hall–Kier alpha value is -4.57. The Bertz CT molecular complexity index is 1450. The van der Waals surface area contributed by atoms with Crippen molar-refractivity contribution in [1.29, 1.82) is 5.26 Å². The number of rotatable bonds is 3. The van der Waals surface area contributed by atoms with E-state index in [1.807, 2.05) is 58.0 Å². The van der Waals surface area contributed by atoms with E-state index in [1.54, 1.807) is 24.7 Å². The average molecular weight is 476 g/mol. The van der Waals surface area contributed by atoms with Crippen molar-refractivity contribution in [2.75, 3.05) is 24.5 Å². The molecule has 6 rings (SSSR count). The summed E-state index contributed by atoms with van der Waals surface area (Å²) in [6.45, 7) is 2.58. The molecule has 1 saturated heterocycles. The lowest BCUT2D eigenvalue weighted by atomic mass is 10.0. The third-order valence-electron chi connectivity index (χ3n) is 6.96. The molecule has 3 heterocycles. The highest BCUT2D eigenvalue weighted by molar-refractivity contribution is 5.93. The van der Waals surface area contributed by atoms with Crippen LogP contribution in [0.5, 0.6) is 11.5 Å². The number of carbonyl (C=O) groups is 1. The minimum Gasteiger partial charge on any atom is -0.455 e. The van der Waals surface area contributed by atoms with Crippen LogP contribution in [0.3, 0.4) is 0 Å². The second-order valence-corrected chi connectivity index (χ2v) is 9.20. The van der Waals surface area contributed by atoms with Gasteiger partial charge in [-0.2, -0.15) is 5.26 Å². The molecule has 2 aliphatic heterocycles. The second-order valence-electron chi connectivity index (χ2n) is 9.20. The Morgan fingerprint density at radius 1 is 1.00 bits per heavy atom. The van der Waals surface area contributed by atoms with E-state index in [0.29, 0.717) is 30.8 Å². The number of benzene rings is 3. The Kier molecular flexibility index (Phi) is 5.62. The van der Waals surface area contributed by atoms with Gasteiger partial charge in [0, 0.05) is 26.2 Å². The third-order valence-corrected chi connectivity index (χ3v) is 6.96. The molecule has 3 aromatic carbocycles. The summed E-state index contributed by atoms with van der Waals surface area (Å²) < 4.78 is 8.25. The molecule has 2 aliphatic rings. The maximum absolute atomic E-state index is 13.9. The fraction of sp³-hybridized carbons (Fsp3) is 0.207. The second kappa shape index (κ2) is 9.23. The van der Waals surface area contributed by atoms with Gasteiger partial charge in [-0.3, -0.25) is 4.79 Å². The van der Waals surface area contributed by atoms with Gasteiger partial charge in [-0.25, -0.2) is 4.98 Å². The zero-order chi connectivity index (χ0) is 24.5. The number of anilines is 1. The molecule has 1 amide bonds. The van der Waals surface area contributed by atoms with E-state index in [0.717, 1.165) is 41.4 Å². The van der Waals surface area contributed by atoms with Crippen molar-refractivity contribution in [3.63, 3.8) is 0 Å². The average Bonchev–Trinajstić information content (AvgIpc) is 3.39. The Labute approximate surface area is 209 Å². The summed E-state index contributed by atoms with van der Waals surface area (Å²) in [4.78, 5) is 22.5. The molecule has 0 spiro atoms. The highest BCUT2D eigenvalue weighted by Crippen LogP contribution is 2.37. The van der Waals surface area contributed by atoms with Crippen molar-refractivity contribution in [2.24, 2.45) is 0 Å². The molecule has 1 unspecified atom stereocenters. The van der Waals surface area contributed by atoms with E-state index in [4.69, 9.17) is 10.00 Å². The quantitative estimate of drug-likeness (QED) is 0.437. The number of nitrogens with zero attached hydrogens (tertiary/aromatic N) is 5. The van der Waals surface area contributed by atoms with Crippen molar-refractivity contribution >= 4 is 11.6 Å². The minimum atomic E-state index is -0.0169. The Morgan fingerprint density at radius 2 is 1.78 bits per heavy atom. The summed E-state index contributed by atoms with van der Waals surface area (Å²) in [6.07, 6.45) is 4.06. The lowest BCUT2D eigenvalue weighted by Gasteiger charge is -2.42. The van der Waals surface area contributed by atoms with Crippen LogP contribution in [-0.2, 0) is 13.0 Å². The molecule has 7 heteroatoms. The maximum atomic E-state index is 13.9. The van der Waals surface area contributed by atoms with Gasteiger partial charge in [0.05, 0.1) is 35.9 Å². The normalized spacial score (nSPS) is 16.5. The number of carbonyl (C=O) groups excluding carboxylic acids is 1. The van der Waals surface area contributed by atoms with Gasteiger partial charge in [-0.1, -0.05) is 42.5 Å². The van der Waals surface area contributed by atoms with Crippen LogP contribution >= 0.6 is 0 Å². The van der Waals surface area contributed by atoms with E-state index in [1.165, 1.54) is 0 Å². The molecule has 7 nitrogen and oxygen atoms in total. The largest absolute Gasteiger partial charge is 0.455 e. The number of fused-ring (bicyclic) bond motifs is 5. The first kappa shape index (κ1) is 21.9. The molecular formula is C29H25N5O2. The van der Waals surface area contributed by atoms with Crippen molar-refractivity contribution in [2.45, 2.75) is 19.0 Å². The predicted molar refractivity (Wildman–Crippen MR) is 136 cm³/mol. The summed E-state index contributed by atoms with van der Waals surface area (Å²) in [5.41, 5.74) is 4.33. The highest BCUT2D eigenvalue weighted by Gasteiger charge is 2.35. The van der Waals surface area contributed by atoms with Gasteiger partial charge < -0.3 is 19.1 Å². The summed E-state index contributed by atoms with van der Waals surface area (Å²) in [7, 11) is 0. The van der Waals surface area contributed by atoms with Gasteiger partial charge in [0.25, 0.3) is 5.91 Å². The summed E-state index contributed by atoms with van der Waals surface area (Å²) in [6, 6.07) is 25.7. The smallest absolute Gasteiger partial charge is 0.272 e. The molecule has 2 bridgehead atoms. The number of amides is 1. The Morgan fingerprint density at radius 3 is 2.61 bits per heavy atom. The molecule has 1 fully saturated rings. The maximum Gasteiger partial charge on any atom is 0.272 e. The number of imidazole rings is 1. The molecule has 1 atom stereocenters. The van der Waals surface area contributed by atoms with E-state index in [-0.39, 0.29) is 11.9 Å². The number of hydrogen-bond acceptors (Lipinski definition) is 5. The summed E-state index contributed by atoms with van der Waals surface area (Å²) in [5, 5.41) is 9.06. The van der Waals surface area contributed by atoms with Crippen LogP contribution in [-0.4, -0.2) is 46.0 Å². The first-order chi connectivity index (χ1) is 17.7. The fourth-order valence-electron chi connectivity index (χ4n) is 5.12. The number of ether oxygens (including phenoxy) is 1. The zero-order valence-corrected chi connectivity index (χ0v) is 19.7. The predicted octanol–water partition coefficient (Wildman–Crippen LogP) is 4.48. The van der Waals surface area contributed by atoms with Crippen molar-refractivity contribution < 1.29 is 9.53 Å². The van der Waals surface area contributed by atoms with E-state index in [2.05, 4.69) is 28.1 Å². The minimum absolute atomic E-state index is 0.0135. The lowest BCUT2D eigenvalue weighted by molar-refractivity contribution is 0.0646. The SMILES string of the molecule is N#Cc1ccc(Cn2cncc2C(=O)N2CCN3CC2Cc2ccccc2Oc2ccccc23)cc1. The molecule has 36 heavy (non-hydrogen) atoms. The number of hydrogen-bond donors (Lipinski definition) is 0. The Balaban J connectivity index is 1.31. The van der Waals surface area contributed by atoms with E-state index >= 15 is 0 Å². The van der Waals surface area contributed by atoms with Gasteiger partial charge in [-0.05, 0) is 47.9 Å². The van der Waals surface area contributed by atoms with Gasteiger partial charge in [0.1, 0.15) is 11.4 Å². The van der Waals surface area contributed by atoms with E-state index < -0.39 is 0 Å². The molecule has 1 aromatic heterocycles. The van der Waals surface area contributed by atoms with Crippen LogP contribution in [0.15, 0.2) is 85.3 Å². The third kappa shape index (κ3) is 4.07. The van der Waals surface area contributed by atoms with Crippen LogP contribution in [0.4, 0.5) is 5.69 Å². The summed E-state index contributed by atoms with van der Waals surface area (Å²) >= 11 is 0. The monoisotopic (exact) mass is 475 g/mol. The molecule has 0 N–H and O–H groups in total. The number of para-hydroxylation sites is 3. The lowest BCUT2D eigenvalue weighted by Crippen LogP contribution is -2.56. The van der Waals surface area contributed by atoms with Gasteiger partial charge in [-0.15, -0.1) is 0 Å². The molecular weight excluding hydrogens is 450 g/mol. The zero-order valence-electron chi connectivity index (χ0n) is 19.7. The number of piperazine rings is 1. The van der Waals surface area contributed by atoms with Crippen molar-refractivity contribution in [3.8, 4) is 17.6 Å². The molecule has 0 radical (unpaired) electrons. The topological polar surface area (TPSA) is 74.4 Å². The number of nitriles is 1. The first-order valence-corrected chi connectivity index (χ1v) is 12.1. The molecule has 4 aromatic rings. The van der Waals surface area contributed by atoms with Gasteiger partial charge >= 0.3 is 0 Å². The standard InChI is InChI=1S/C29H25N5O2/c30-16-21-9-11-22(12-10-21)18-33-20-31-17-26(33)29(35)34-14-13-32-19-24(34)15-23-5-1-3-7-27(23)36-28-8-4-2-6-25(28)32/h1-12,17,20,24H,13-15,18-19H2. The van der Waals surface area contributed by atoms with Gasteiger partial charge in [0.15, 0.2) is 5.75 Å². The van der Waals surface area contributed by atoms with Crippen LogP contribution in [0.1, 0.15) is 27.2 Å². The van der Waals surface area contributed by atoms with Crippen LogP contribution in [0, 0.1) is 11.3 Å². The molecule has 0 aliphatic carbocycles. The fourth-order valence-corrected chi connectivity index (χ4v) is 5.12.